The van der Waals surface area contributed by atoms with E-state index in [0.717, 1.165) is 17.1 Å². The fourth-order valence-corrected chi connectivity index (χ4v) is 4.05. The topological polar surface area (TPSA) is 70.2 Å². The largest absolute Gasteiger partial charge is 0.351 e. The van der Waals surface area contributed by atoms with Gasteiger partial charge >= 0.3 is 0 Å². The smallest absolute Gasteiger partial charge is 0.251 e. The second-order valence-electron chi connectivity index (χ2n) is 6.45. The van der Waals surface area contributed by atoms with E-state index in [9.17, 15) is 9.59 Å². The molecule has 3 rings (SSSR count). The zero-order valence-electron chi connectivity index (χ0n) is 14.3. The van der Waals surface area contributed by atoms with Crippen LogP contribution in [0.3, 0.4) is 0 Å². The third-order valence-electron chi connectivity index (χ3n) is 4.57. The molecule has 0 aromatic heterocycles. The second kappa shape index (κ2) is 10.0. The van der Waals surface area contributed by atoms with Gasteiger partial charge in [0.15, 0.2) is 0 Å². The number of hydrogen-bond donors (Lipinski definition) is 3. The van der Waals surface area contributed by atoms with Gasteiger partial charge in [-0.2, -0.15) is 0 Å². The predicted molar refractivity (Wildman–Crippen MR) is 105 cm³/mol. The van der Waals surface area contributed by atoms with Gasteiger partial charge in [0.2, 0.25) is 5.91 Å². The zero-order chi connectivity index (χ0) is 16.8. The Kier molecular flexibility index (Phi) is 8.06. The van der Waals surface area contributed by atoms with Gasteiger partial charge in [0, 0.05) is 29.6 Å². The Morgan fingerprint density at radius 1 is 1.16 bits per heavy atom. The molecule has 1 aliphatic heterocycles. The molecule has 138 valence electrons. The van der Waals surface area contributed by atoms with E-state index >= 15 is 0 Å². The number of carbonyl (C=O) groups excluding carboxylic acids is 2. The molecule has 1 aliphatic carbocycles. The fourth-order valence-electron chi connectivity index (χ4n) is 3.26. The number of nitrogens with one attached hydrogen (secondary N) is 3. The van der Waals surface area contributed by atoms with Crippen molar-refractivity contribution in [2.45, 2.75) is 49.5 Å². The first-order chi connectivity index (χ1) is 11.7. The van der Waals surface area contributed by atoms with E-state index in [0.29, 0.717) is 23.9 Å². The number of amides is 2. The minimum atomic E-state index is -0.0923. The quantitative estimate of drug-likeness (QED) is 0.539. The maximum Gasteiger partial charge on any atom is 0.251 e. The van der Waals surface area contributed by atoms with E-state index in [1.165, 1.54) is 50.3 Å². The molecule has 0 spiro atoms. The summed E-state index contributed by atoms with van der Waals surface area (Å²) in [7, 11) is 0. The molecule has 0 radical (unpaired) electrons. The van der Waals surface area contributed by atoms with Crippen LogP contribution < -0.4 is 16.0 Å². The van der Waals surface area contributed by atoms with Crippen molar-refractivity contribution in [2.24, 2.45) is 0 Å². The third kappa shape index (κ3) is 5.90. The zero-order valence-corrected chi connectivity index (χ0v) is 15.9. The highest BCUT2D eigenvalue weighted by Crippen LogP contribution is 2.31. The molecular formula is C18H26ClN3O2S. The maximum atomic E-state index is 12.3. The first-order valence-electron chi connectivity index (χ1n) is 8.80. The average molecular weight is 384 g/mol. The molecule has 5 nitrogen and oxygen atoms in total. The van der Waals surface area contributed by atoms with Crippen molar-refractivity contribution in [2.75, 3.05) is 24.2 Å². The molecule has 0 bridgehead atoms. The van der Waals surface area contributed by atoms with Crippen LogP contribution in [0.15, 0.2) is 23.1 Å². The molecule has 2 aliphatic rings. The molecule has 0 unspecified atom stereocenters. The first-order valence-corrected chi connectivity index (χ1v) is 9.79. The maximum absolute atomic E-state index is 12.3. The van der Waals surface area contributed by atoms with Crippen molar-refractivity contribution in [3.8, 4) is 0 Å². The lowest BCUT2D eigenvalue weighted by atomic mass is 10.1. The monoisotopic (exact) mass is 383 g/mol. The lowest BCUT2D eigenvalue weighted by Gasteiger charge is -2.18. The highest BCUT2D eigenvalue weighted by atomic mass is 35.5. The van der Waals surface area contributed by atoms with Crippen molar-refractivity contribution in [3.05, 3.63) is 23.8 Å². The molecule has 1 aromatic rings. The molecule has 2 amide bonds. The molecule has 1 aromatic carbocycles. The highest BCUT2D eigenvalue weighted by Gasteiger charge is 2.17. The Hall–Kier alpha value is -1.24. The lowest BCUT2D eigenvalue weighted by molar-refractivity contribution is -0.113. The minimum Gasteiger partial charge on any atom is -0.351 e. The summed E-state index contributed by atoms with van der Waals surface area (Å²) in [6.45, 7) is 1.42. The number of fused-ring (bicyclic) bond motifs is 1. The molecule has 3 N–H and O–H groups in total. The van der Waals surface area contributed by atoms with E-state index in [4.69, 9.17) is 0 Å². The minimum absolute atomic E-state index is 0. The van der Waals surface area contributed by atoms with Gasteiger partial charge in [-0.1, -0.05) is 25.7 Å². The molecule has 1 heterocycles. The molecule has 25 heavy (non-hydrogen) atoms. The Morgan fingerprint density at radius 3 is 2.68 bits per heavy atom. The van der Waals surface area contributed by atoms with Crippen LogP contribution >= 0.6 is 24.2 Å². The van der Waals surface area contributed by atoms with Gasteiger partial charge in [0.05, 0.1) is 11.4 Å². The Morgan fingerprint density at radius 2 is 1.92 bits per heavy atom. The summed E-state index contributed by atoms with van der Waals surface area (Å²) in [5.74, 6) is 0.328. The number of hydrogen-bond acceptors (Lipinski definition) is 4. The second-order valence-corrected chi connectivity index (χ2v) is 7.46. The van der Waals surface area contributed by atoms with Crippen LogP contribution in [0.5, 0.6) is 0 Å². The molecular weight excluding hydrogens is 358 g/mol. The van der Waals surface area contributed by atoms with Crippen molar-refractivity contribution in [1.82, 2.24) is 10.6 Å². The van der Waals surface area contributed by atoms with Crippen molar-refractivity contribution < 1.29 is 9.59 Å². The number of carbonyl (C=O) groups is 2. The van der Waals surface area contributed by atoms with Gasteiger partial charge < -0.3 is 16.0 Å². The standard InChI is InChI=1S/C18H25N3O2S.ClH/c22-17-12-24-16-8-7-13(11-15(16)21-17)18(23)20-10-9-19-14-5-3-1-2-4-6-14;/h7-8,11,14,19H,1-6,9-10,12H2,(H,20,23)(H,21,22);1H. The van der Waals surface area contributed by atoms with Crippen LogP contribution in [0.2, 0.25) is 0 Å². The Labute approximate surface area is 159 Å². The van der Waals surface area contributed by atoms with Gasteiger partial charge in [-0.25, -0.2) is 0 Å². The number of benzene rings is 1. The van der Waals surface area contributed by atoms with Crippen LogP contribution in [-0.4, -0.2) is 36.7 Å². The van der Waals surface area contributed by atoms with E-state index in [1.807, 2.05) is 12.1 Å². The van der Waals surface area contributed by atoms with Gasteiger partial charge in [0.25, 0.3) is 5.91 Å². The van der Waals surface area contributed by atoms with E-state index in [-0.39, 0.29) is 24.2 Å². The SMILES string of the molecule is Cl.O=C1CSc2ccc(C(=O)NCCNC3CCCCCC3)cc2N1. The summed E-state index contributed by atoms with van der Waals surface area (Å²) in [5, 5.41) is 9.32. The van der Waals surface area contributed by atoms with E-state index in [1.54, 1.807) is 6.07 Å². The van der Waals surface area contributed by atoms with Crippen LogP contribution in [0.25, 0.3) is 0 Å². The summed E-state index contributed by atoms with van der Waals surface area (Å²) in [6.07, 6.45) is 7.81. The van der Waals surface area contributed by atoms with Gasteiger partial charge in [-0.15, -0.1) is 24.2 Å². The van der Waals surface area contributed by atoms with Crippen LogP contribution in [-0.2, 0) is 4.79 Å². The highest BCUT2D eigenvalue weighted by molar-refractivity contribution is 8.00. The van der Waals surface area contributed by atoms with Gasteiger partial charge in [0.1, 0.15) is 0 Å². The van der Waals surface area contributed by atoms with Crippen molar-refractivity contribution >= 4 is 41.7 Å². The normalized spacial score (nSPS) is 17.7. The number of thioether (sulfide) groups is 1. The third-order valence-corrected chi connectivity index (χ3v) is 5.65. The summed E-state index contributed by atoms with van der Waals surface area (Å²) in [4.78, 5) is 24.7. The van der Waals surface area contributed by atoms with Gasteiger partial charge in [-0.05, 0) is 31.0 Å². The Balaban J connectivity index is 0.00000225. The Bertz CT molecular complexity index is 604. The van der Waals surface area contributed by atoms with Crippen molar-refractivity contribution in [3.63, 3.8) is 0 Å². The molecule has 0 saturated heterocycles. The average Bonchev–Trinajstić information content (AvgIpc) is 2.86. The number of halogens is 1. The lowest BCUT2D eigenvalue weighted by Crippen LogP contribution is -2.36. The number of anilines is 1. The van der Waals surface area contributed by atoms with Crippen LogP contribution in [0, 0.1) is 0 Å². The van der Waals surface area contributed by atoms with Crippen LogP contribution in [0.1, 0.15) is 48.9 Å². The fraction of sp³-hybridized carbons (Fsp3) is 0.556. The summed E-state index contributed by atoms with van der Waals surface area (Å²) >= 11 is 1.50. The first kappa shape index (κ1) is 20.1. The summed E-state index contributed by atoms with van der Waals surface area (Å²) < 4.78 is 0. The molecule has 1 saturated carbocycles. The summed E-state index contributed by atoms with van der Waals surface area (Å²) in [6, 6.07) is 6.07. The molecule has 1 fully saturated rings. The number of rotatable bonds is 5. The van der Waals surface area contributed by atoms with E-state index in [2.05, 4.69) is 16.0 Å². The summed E-state index contributed by atoms with van der Waals surface area (Å²) in [5.41, 5.74) is 1.33. The van der Waals surface area contributed by atoms with Crippen LogP contribution in [0.4, 0.5) is 5.69 Å². The predicted octanol–water partition coefficient (Wildman–Crippen LogP) is 3.19. The molecule has 7 heteroatoms. The van der Waals surface area contributed by atoms with Crippen molar-refractivity contribution in [1.29, 1.82) is 0 Å². The van der Waals surface area contributed by atoms with Gasteiger partial charge in [-0.3, -0.25) is 9.59 Å². The molecule has 0 atom stereocenters. The van der Waals surface area contributed by atoms with E-state index < -0.39 is 0 Å².